The Morgan fingerprint density at radius 3 is 2.90 bits per heavy atom. The number of amides is 1. The minimum Gasteiger partial charge on any atom is -0.332 e. The number of nitrogens with zero attached hydrogens (tertiary/aromatic N) is 1. The number of hydrogen-bond donors (Lipinski definition) is 1. The first-order valence-electron chi connectivity index (χ1n) is 7.72. The summed E-state index contributed by atoms with van der Waals surface area (Å²) in [6.07, 6.45) is 3.57. The van der Waals surface area contributed by atoms with E-state index in [-0.39, 0.29) is 24.4 Å². The number of rotatable bonds is 1. The number of carbonyl (C=O) groups excluding carboxylic acids is 1. The molecule has 3 atom stereocenters. The molecule has 3 rings (SSSR count). The zero-order chi connectivity index (χ0) is 14.3. The van der Waals surface area contributed by atoms with Crippen molar-refractivity contribution in [1.82, 2.24) is 10.2 Å². The number of halogens is 1. The molecule has 1 aliphatic carbocycles. The molecule has 2 heterocycles. The summed E-state index contributed by atoms with van der Waals surface area (Å²) in [5.41, 5.74) is 1.42. The Bertz CT molecular complexity index is 516. The molecule has 118 valence electrons. The average molecular weight is 329 g/mol. The second-order valence-corrected chi connectivity index (χ2v) is 7.53. The molecule has 1 aromatic heterocycles. The molecule has 0 bridgehead atoms. The SMILES string of the molecule is CC1CCc2sc(C(=O)N3CCNC(C)C3C)cc2C1.Cl. The van der Waals surface area contributed by atoms with Crippen LogP contribution in [-0.4, -0.2) is 36.0 Å². The summed E-state index contributed by atoms with van der Waals surface area (Å²) in [6.45, 7) is 8.33. The van der Waals surface area contributed by atoms with Crippen LogP contribution in [0.4, 0.5) is 0 Å². The minimum atomic E-state index is 0. The molecule has 1 aromatic rings. The minimum absolute atomic E-state index is 0. The van der Waals surface area contributed by atoms with Gasteiger partial charge in [-0.1, -0.05) is 6.92 Å². The summed E-state index contributed by atoms with van der Waals surface area (Å²) in [4.78, 5) is 17.2. The Morgan fingerprint density at radius 1 is 1.38 bits per heavy atom. The van der Waals surface area contributed by atoms with Crippen LogP contribution in [0.1, 0.15) is 47.3 Å². The van der Waals surface area contributed by atoms with Crippen molar-refractivity contribution in [3.05, 3.63) is 21.4 Å². The third kappa shape index (κ3) is 3.27. The molecule has 1 saturated heterocycles. The Balaban J connectivity index is 0.00000161. The highest BCUT2D eigenvalue weighted by molar-refractivity contribution is 7.14. The van der Waals surface area contributed by atoms with Crippen molar-refractivity contribution >= 4 is 29.7 Å². The van der Waals surface area contributed by atoms with Gasteiger partial charge in [-0.2, -0.15) is 0 Å². The number of nitrogens with one attached hydrogen (secondary N) is 1. The Hall–Kier alpha value is -0.580. The highest BCUT2D eigenvalue weighted by Gasteiger charge is 2.30. The lowest BCUT2D eigenvalue weighted by Crippen LogP contribution is -2.57. The van der Waals surface area contributed by atoms with Crippen molar-refractivity contribution in [2.45, 2.75) is 52.1 Å². The van der Waals surface area contributed by atoms with Gasteiger partial charge in [0.05, 0.1) is 4.88 Å². The number of piperazine rings is 1. The molecular formula is C16H25ClN2OS. The number of carbonyl (C=O) groups is 1. The molecule has 3 nitrogen and oxygen atoms in total. The fourth-order valence-corrected chi connectivity index (χ4v) is 4.46. The second-order valence-electron chi connectivity index (χ2n) is 6.39. The van der Waals surface area contributed by atoms with Gasteiger partial charge >= 0.3 is 0 Å². The predicted octanol–water partition coefficient (Wildman–Crippen LogP) is 3.12. The summed E-state index contributed by atoms with van der Waals surface area (Å²) in [6, 6.07) is 2.81. The van der Waals surface area contributed by atoms with Crippen LogP contribution in [0.15, 0.2) is 6.07 Å². The monoisotopic (exact) mass is 328 g/mol. The lowest BCUT2D eigenvalue weighted by atomic mass is 9.90. The lowest BCUT2D eigenvalue weighted by molar-refractivity contribution is 0.0608. The first kappa shape index (κ1) is 16.8. The van der Waals surface area contributed by atoms with E-state index in [1.807, 2.05) is 4.90 Å². The van der Waals surface area contributed by atoms with Crippen LogP contribution in [0.2, 0.25) is 0 Å². The van der Waals surface area contributed by atoms with Crippen LogP contribution in [0, 0.1) is 5.92 Å². The molecule has 3 unspecified atom stereocenters. The maximum atomic E-state index is 12.8. The van der Waals surface area contributed by atoms with E-state index in [1.54, 1.807) is 11.3 Å². The van der Waals surface area contributed by atoms with Crippen molar-refractivity contribution < 1.29 is 4.79 Å². The van der Waals surface area contributed by atoms with Crippen LogP contribution in [0.5, 0.6) is 0 Å². The van der Waals surface area contributed by atoms with E-state index in [1.165, 1.54) is 16.9 Å². The highest BCUT2D eigenvalue weighted by Crippen LogP contribution is 2.33. The van der Waals surface area contributed by atoms with E-state index < -0.39 is 0 Å². The van der Waals surface area contributed by atoms with E-state index in [9.17, 15) is 4.79 Å². The van der Waals surface area contributed by atoms with Gasteiger partial charge in [0.1, 0.15) is 0 Å². The largest absolute Gasteiger partial charge is 0.332 e. The zero-order valence-electron chi connectivity index (χ0n) is 13.0. The first-order chi connectivity index (χ1) is 9.56. The van der Waals surface area contributed by atoms with E-state index in [0.717, 1.165) is 36.7 Å². The Morgan fingerprint density at radius 2 is 2.14 bits per heavy atom. The third-order valence-corrected chi connectivity index (χ3v) is 6.06. The average Bonchev–Trinajstić information content (AvgIpc) is 2.84. The Kier molecular flexibility index (Phi) is 5.33. The van der Waals surface area contributed by atoms with Crippen LogP contribution >= 0.6 is 23.7 Å². The summed E-state index contributed by atoms with van der Waals surface area (Å²) in [7, 11) is 0. The van der Waals surface area contributed by atoms with Crippen LogP contribution in [0.3, 0.4) is 0 Å². The summed E-state index contributed by atoms with van der Waals surface area (Å²) >= 11 is 1.73. The number of hydrogen-bond acceptors (Lipinski definition) is 3. The fourth-order valence-electron chi connectivity index (χ4n) is 3.30. The van der Waals surface area contributed by atoms with Gasteiger partial charge in [0.25, 0.3) is 5.91 Å². The summed E-state index contributed by atoms with van der Waals surface area (Å²) < 4.78 is 0. The normalized spacial score (nSPS) is 28.7. The molecule has 2 aliphatic rings. The topological polar surface area (TPSA) is 32.3 Å². The van der Waals surface area contributed by atoms with Gasteiger partial charge < -0.3 is 10.2 Å². The smallest absolute Gasteiger partial charge is 0.264 e. The standard InChI is InChI=1S/C16H24N2OS.ClH/c1-10-4-5-14-13(8-10)9-15(20-14)16(19)18-7-6-17-11(2)12(18)3;/h9-12,17H,4-8H2,1-3H3;1H. The molecule has 1 fully saturated rings. The quantitative estimate of drug-likeness (QED) is 0.859. The van der Waals surface area contributed by atoms with Gasteiger partial charge in [-0.3, -0.25) is 4.79 Å². The molecule has 1 N–H and O–H groups in total. The molecule has 21 heavy (non-hydrogen) atoms. The summed E-state index contributed by atoms with van der Waals surface area (Å²) in [5.74, 6) is 0.996. The first-order valence-corrected chi connectivity index (χ1v) is 8.54. The predicted molar refractivity (Wildman–Crippen MR) is 90.7 cm³/mol. The van der Waals surface area contributed by atoms with Crippen molar-refractivity contribution in [2.24, 2.45) is 5.92 Å². The van der Waals surface area contributed by atoms with E-state index in [0.29, 0.717) is 6.04 Å². The number of aryl methyl sites for hydroxylation is 1. The molecule has 1 amide bonds. The Labute approximate surface area is 137 Å². The van der Waals surface area contributed by atoms with Gasteiger partial charge in [-0.15, -0.1) is 23.7 Å². The molecule has 0 radical (unpaired) electrons. The molecule has 0 saturated carbocycles. The third-order valence-electron chi connectivity index (χ3n) is 4.84. The second kappa shape index (κ2) is 6.67. The van der Waals surface area contributed by atoms with Gasteiger partial charge in [-0.05, 0) is 50.7 Å². The maximum Gasteiger partial charge on any atom is 0.264 e. The fraction of sp³-hybridized carbons (Fsp3) is 0.688. The molecule has 5 heteroatoms. The maximum absolute atomic E-state index is 12.8. The van der Waals surface area contributed by atoms with Crippen LogP contribution in [0.25, 0.3) is 0 Å². The van der Waals surface area contributed by atoms with E-state index in [2.05, 4.69) is 32.2 Å². The number of fused-ring (bicyclic) bond motifs is 1. The molecular weight excluding hydrogens is 304 g/mol. The van der Waals surface area contributed by atoms with Crippen molar-refractivity contribution in [3.8, 4) is 0 Å². The number of thiophene rings is 1. The van der Waals surface area contributed by atoms with Crippen LogP contribution < -0.4 is 5.32 Å². The lowest BCUT2D eigenvalue weighted by Gasteiger charge is -2.38. The van der Waals surface area contributed by atoms with Crippen LogP contribution in [-0.2, 0) is 12.8 Å². The molecule has 0 spiro atoms. The van der Waals surface area contributed by atoms with E-state index >= 15 is 0 Å². The van der Waals surface area contributed by atoms with E-state index in [4.69, 9.17) is 0 Å². The van der Waals surface area contributed by atoms with Gasteiger partial charge in [-0.25, -0.2) is 0 Å². The van der Waals surface area contributed by atoms with Crippen molar-refractivity contribution in [2.75, 3.05) is 13.1 Å². The van der Waals surface area contributed by atoms with Gasteiger partial charge in [0, 0.05) is 30.1 Å². The zero-order valence-corrected chi connectivity index (χ0v) is 14.6. The van der Waals surface area contributed by atoms with Crippen molar-refractivity contribution in [1.29, 1.82) is 0 Å². The van der Waals surface area contributed by atoms with Crippen molar-refractivity contribution in [3.63, 3.8) is 0 Å². The summed E-state index contributed by atoms with van der Waals surface area (Å²) in [5, 5.41) is 3.43. The highest BCUT2D eigenvalue weighted by atomic mass is 35.5. The van der Waals surface area contributed by atoms with Gasteiger partial charge in [0.2, 0.25) is 0 Å². The van der Waals surface area contributed by atoms with Gasteiger partial charge in [0.15, 0.2) is 0 Å². The molecule has 1 aliphatic heterocycles. The molecule has 0 aromatic carbocycles.